The van der Waals surface area contributed by atoms with Crippen molar-refractivity contribution in [2.45, 2.75) is 12.6 Å². The first-order valence-electron chi connectivity index (χ1n) is 8.40. The number of alkyl halides is 3. The van der Waals surface area contributed by atoms with Gasteiger partial charge in [-0.25, -0.2) is 4.79 Å². The summed E-state index contributed by atoms with van der Waals surface area (Å²) in [6, 6.07) is 13.0. The molecule has 0 spiro atoms. The number of carbonyl (C=O) groups is 2. The van der Waals surface area contributed by atoms with Crippen LogP contribution in [0.5, 0.6) is 0 Å². The fourth-order valence-electron chi connectivity index (χ4n) is 2.93. The van der Waals surface area contributed by atoms with Crippen LogP contribution in [0.25, 0.3) is 0 Å². The summed E-state index contributed by atoms with van der Waals surface area (Å²) in [4.78, 5) is 25.8. The lowest BCUT2D eigenvalue weighted by Crippen LogP contribution is -2.34. The molecule has 0 bridgehead atoms. The van der Waals surface area contributed by atoms with E-state index in [1.54, 1.807) is 4.90 Å². The quantitative estimate of drug-likeness (QED) is 0.850. The molecule has 1 saturated heterocycles. The Balaban J connectivity index is 1.49. The number of nitrogens with one attached hydrogen (secondary N) is 2. The van der Waals surface area contributed by atoms with Crippen LogP contribution in [0.4, 0.5) is 29.3 Å². The number of benzene rings is 2. The highest BCUT2D eigenvalue weighted by Gasteiger charge is 2.31. The molecule has 27 heavy (non-hydrogen) atoms. The second-order valence-electron chi connectivity index (χ2n) is 6.32. The van der Waals surface area contributed by atoms with E-state index < -0.39 is 17.8 Å². The second kappa shape index (κ2) is 7.69. The minimum Gasteiger partial charge on any atom is -0.338 e. The average Bonchev–Trinajstić information content (AvgIpc) is 3.01. The molecule has 2 aromatic carbocycles. The van der Waals surface area contributed by atoms with Gasteiger partial charge in [0.2, 0.25) is 5.91 Å². The van der Waals surface area contributed by atoms with Gasteiger partial charge in [-0.2, -0.15) is 13.2 Å². The Bertz CT molecular complexity index is 807. The molecule has 8 heteroatoms. The largest absolute Gasteiger partial charge is 0.416 e. The van der Waals surface area contributed by atoms with E-state index in [2.05, 4.69) is 10.6 Å². The highest BCUT2D eigenvalue weighted by atomic mass is 19.4. The Morgan fingerprint density at radius 1 is 1.07 bits per heavy atom. The van der Waals surface area contributed by atoms with Gasteiger partial charge in [0.05, 0.1) is 5.56 Å². The first-order valence-corrected chi connectivity index (χ1v) is 8.40. The monoisotopic (exact) mass is 377 g/mol. The molecule has 1 aliphatic heterocycles. The van der Waals surface area contributed by atoms with Gasteiger partial charge in [-0.05, 0) is 36.4 Å². The van der Waals surface area contributed by atoms with Crippen molar-refractivity contribution >= 4 is 23.3 Å². The van der Waals surface area contributed by atoms with E-state index in [1.807, 2.05) is 30.3 Å². The van der Waals surface area contributed by atoms with Gasteiger partial charge in [0.25, 0.3) is 0 Å². The van der Waals surface area contributed by atoms with E-state index in [0.717, 1.165) is 17.8 Å². The maximum atomic E-state index is 12.5. The Kier molecular flexibility index (Phi) is 5.34. The number of carbonyl (C=O) groups excluding carboxylic acids is 2. The zero-order valence-electron chi connectivity index (χ0n) is 14.3. The summed E-state index contributed by atoms with van der Waals surface area (Å²) < 4.78 is 37.6. The van der Waals surface area contributed by atoms with Crippen LogP contribution < -0.4 is 15.5 Å². The van der Waals surface area contributed by atoms with Crippen LogP contribution >= 0.6 is 0 Å². The molecule has 0 aromatic heterocycles. The molecular formula is C19H18F3N3O2. The number of nitrogens with zero attached hydrogens (tertiary/aromatic N) is 1. The lowest BCUT2D eigenvalue weighted by atomic mass is 10.1. The average molecular weight is 377 g/mol. The number of halogens is 3. The maximum Gasteiger partial charge on any atom is 0.416 e. The summed E-state index contributed by atoms with van der Waals surface area (Å²) in [5, 5.41) is 5.14. The van der Waals surface area contributed by atoms with E-state index >= 15 is 0 Å². The first kappa shape index (κ1) is 18.8. The molecule has 1 atom stereocenters. The minimum absolute atomic E-state index is 0.00357. The van der Waals surface area contributed by atoms with Crippen molar-refractivity contribution in [1.29, 1.82) is 0 Å². The number of rotatable bonds is 4. The summed E-state index contributed by atoms with van der Waals surface area (Å²) in [5.74, 6) is -0.0350. The number of anilines is 2. The van der Waals surface area contributed by atoms with Gasteiger partial charge in [0, 0.05) is 36.8 Å². The van der Waals surface area contributed by atoms with Crippen LogP contribution in [0, 0.1) is 5.92 Å². The number of amides is 3. The van der Waals surface area contributed by atoms with Crippen LogP contribution in [0.3, 0.4) is 0 Å². The van der Waals surface area contributed by atoms with Gasteiger partial charge in [0.15, 0.2) is 0 Å². The van der Waals surface area contributed by atoms with Gasteiger partial charge in [0.1, 0.15) is 0 Å². The molecule has 3 amide bonds. The highest BCUT2D eigenvalue weighted by molar-refractivity contribution is 5.96. The van der Waals surface area contributed by atoms with Crippen LogP contribution in [-0.4, -0.2) is 25.0 Å². The predicted octanol–water partition coefficient (Wildman–Crippen LogP) is 3.88. The normalized spacial score (nSPS) is 17.1. The SMILES string of the molecule is O=C(NC[C@H]1CC(=O)N(c2ccccc2)C1)Nc1ccc(C(F)(F)F)cc1. The molecule has 5 nitrogen and oxygen atoms in total. The van der Waals surface area contributed by atoms with Crippen LogP contribution in [0.1, 0.15) is 12.0 Å². The third-order valence-corrected chi connectivity index (χ3v) is 4.29. The topological polar surface area (TPSA) is 61.4 Å². The van der Waals surface area contributed by atoms with Gasteiger partial charge in [-0.15, -0.1) is 0 Å². The Morgan fingerprint density at radius 3 is 2.37 bits per heavy atom. The smallest absolute Gasteiger partial charge is 0.338 e. The standard InChI is InChI=1S/C19H18F3N3O2/c20-19(21,22)14-6-8-15(9-7-14)24-18(27)23-11-13-10-17(26)25(12-13)16-4-2-1-3-5-16/h1-9,13H,10-12H2,(H2,23,24,27)/t13-/m1/s1. The molecule has 0 unspecified atom stereocenters. The summed E-state index contributed by atoms with van der Waals surface area (Å²) >= 11 is 0. The molecule has 142 valence electrons. The fraction of sp³-hybridized carbons (Fsp3) is 0.263. The van der Waals surface area contributed by atoms with Crippen molar-refractivity contribution in [3.8, 4) is 0 Å². The maximum absolute atomic E-state index is 12.5. The second-order valence-corrected chi connectivity index (χ2v) is 6.32. The zero-order valence-corrected chi connectivity index (χ0v) is 14.3. The summed E-state index contributed by atoms with van der Waals surface area (Å²) in [6.07, 6.45) is -4.09. The molecular weight excluding hydrogens is 359 g/mol. The molecule has 1 heterocycles. The summed E-state index contributed by atoms with van der Waals surface area (Å²) in [7, 11) is 0. The van der Waals surface area contributed by atoms with E-state index in [0.29, 0.717) is 19.5 Å². The van der Waals surface area contributed by atoms with Crippen molar-refractivity contribution in [3.05, 3.63) is 60.2 Å². The highest BCUT2D eigenvalue weighted by Crippen LogP contribution is 2.29. The summed E-state index contributed by atoms with van der Waals surface area (Å²) in [5.41, 5.74) is 0.298. The van der Waals surface area contributed by atoms with Crippen molar-refractivity contribution in [2.75, 3.05) is 23.3 Å². The van der Waals surface area contributed by atoms with Crippen molar-refractivity contribution in [2.24, 2.45) is 5.92 Å². The number of hydrogen-bond acceptors (Lipinski definition) is 2. The van der Waals surface area contributed by atoms with Crippen molar-refractivity contribution in [1.82, 2.24) is 5.32 Å². The van der Waals surface area contributed by atoms with E-state index in [-0.39, 0.29) is 17.5 Å². The molecule has 3 rings (SSSR count). The number of urea groups is 1. The van der Waals surface area contributed by atoms with Crippen LogP contribution in [0.15, 0.2) is 54.6 Å². The fourth-order valence-corrected chi connectivity index (χ4v) is 2.93. The molecule has 2 N–H and O–H groups in total. The molecule has 0 aliphatic carbocycles. The third kappa shape index (κ3) is 4.78. The predicted molar refractivity (Wildman–Crippen MR) is 95.4 cm³/mol. The minimum atomic E-state index is -4.42. The molecule has 2 aromatic rings. The van der Waals surface area contributed by atoms with Crippen LogP contribution in [-0.2, 0) is 11.0 Å². The van der Waals surface area contributed by atoms with E-state index in [9.17, 15) is 22.8 Å². The number of hydrogen-bond donors (Lipinski definition) is 2. The Hall–Kier alpha value is -3.03. The summed E-state index contributed by atoms with van der Waals surface area (Å²) in [6.45, 7) is 0.797. The molecule has 0 saturated carbocycles. The van der Waals surface area contributed by atoms with Gasteiger partial charge < -0.3 is 15.5 Å². The van der Waals surface area contributed by atoms with Crippen molar-refractivity contribution in [3.63, 3.8) is 0 Å². The molecule has 1 fully saturated rings. The molecule has 1 aliphatic rings. The third-order valence-electron chi connectivity index (χ3n) is 4.29. The first-order chi connectivity index (χ1) is 12.8. The van der Waals surface area contributed by atoms with E-state index in [4.69, 9.17) is 0 Å². The number of para-hydroxylation sites is 1. The van der Waals surface area contributed by atoms with Crippen LogP contribution in [0.2, 0.25) is 0 Å². The van der Waals surface area contributed by atoms with Gasteiger partial charge in [-0.3, -0.25) is 4.79 Å². The lowest BCUT2D eigenvalue weighted by molar-refractivity contribution is -0.137. The van der Waals surface area contributed by atoms with Gasteiger partial charge >= 0.3 is 12.2 Å². The van der Waals surface area contributed by atoms with Gasteiger partial charge in [-0.1, -0.05) is 18.2 Å². The Labute approximate surface area is 154 Å². The zero-order chi connectivity index (χ0) is 19.4. The molecule has 0 radical (unpaired) electrons. The Morgan fingerprint density at radius 2 is 1.74 bits per heavy atom. The van der Waals surface area contributed by atoms with E-state index in [1.165, 1.54) is 12.1 Å². The van der Waals surface area contributed by atoms with Crippen molar-refractivity contribution < 1.29 is 22.8 Å². The lowest BCUT2D eigenvalue weighted by Gasteiger charge is -2.17.